The van der Waals surface area contributed by atoms with Crippen LogP contribution in [0.4, 0.5) is 0 Å². The molecule has 1 heterocycles. The van der Waals surface area contributed by atoms with Crippen LogP contribution in [0.15, 0.2) is 12.1 Å². The summed E-state index contributed by atoms with van der Waals surface area (Å²) < 4.78 is 0. The average Bonchev–Trinajstić information content (AvgIpc) is 2.30. The molecule has 2 heteroatoms. The van der Waals surface area contributed by atoms with E-state index in [1.54, 1.807) is 11.3 Å². The predicted octanol–water partition coefficient (Wildman–Crippen LogP) is 3.06. The minimum Gasteiger partial charge on any atom is -0.384 e. The molecule has 1 aromatic heterocycles. The van der Waals surface area contributed by atoms with Crippen LogP contribution in [-0.2, 0) is 5.60 Å². The number of rotatable bonds is 2. The molecular formula is C11H16OS. The normalized spacial score (nSPS) is 22.4. The van der Waals surface area contributed by atoms with Crippen LogP contribution in [0.2, 0.25) is 0 Å². The molecule has 0 bridgehead atoms. The third-order valence-corrected chi connectivity index (χ3v) is 4.37. The van der Waals surface area contributed by atoms with E-state index < -0.39 is 5.60 Å². The van der Waals surface area contributed by atoms with E-state index in [0.717, 1.165) is 4.88 Å². The summed E-state index contributed by atoms with van der Waals surface area (Å²) in [5.74, 6) is 0.491. The molecule has 0 spiro atoms. The molecule has 2 rings (SSSR count). The maximum Gasteiger partial charge on any atom is 0.0987 e. The highest BCUT2D eigenvalue weighted by Crippen LogP contribution is 2.44. The molecular weight excluding hydrogens is 180 g/mol. The van der Waals surface area contributed by atoms with Crippen LogP contribution in [0.5, 0.6) is 0 Å². The second-order valence-corrected chi connectivity index (χ2v) is 5.47. The first-order chi connectivity index (χ1) is 6.10. The summed E-state index contributed by atoms with van der Waals surface area (Å²) in [7, 11) is 0. The van der Waals surface area contributed by atoms with Gasteiger partial charge < -0.3 is 5.11 Å². The van der Waals surface area contributed by atoms with Gasteiger partial charge in [-0.1, -0.05) is 6.42 Å². The van der Waals surface area contributed by atoms with Gasteiger partial charge in [0, 0.05) is 9.75 Å². The van der Waals surface area contributed by atoms with Crippen molar-refractivity contribution in [2.75, 3.05) is 0 Å². The Hall–Kier alpha value is -0.340. The van der Waals surface area contributed by atoms with E-state index in [2.05, 4.69) is 19.1 Å². The van der Waals surface area contributed by atoms with Crippen molar-refractivity contribution < 1.29 is 5.11 Å². The van der Waals surface area contributed by atoms with Crippen LogP contribution in [0.25, 0.3) is 0 Å². The zero-order valence-electron chi connectivity index (χ0n) is 8.21. The highest BCUT2D eigenvalue weighted by atomic mass is 32.1. The number of aliphatic hydroxyl groups is 1. The van der Waals surface area contributed by atoms with Gasteiger partial charge in [0.1, 0.15) is 0 Å². The Morgan fingerprint density at radius 2 is 2.15 bits per heavy atom. The number of thiophene rings is 1. The van der Waals surface area contributed by atoms with Crippen molar-refractivity contribution in [1.29, 1.82) is 0 Å². The molecule has 1 saturated carbocycles. The molecule has 13 heavy (non-hydrogen) atoms. The quantitative estimate of drug-likeness (QED) is 0.770. The van der Waals surface area contributed by atoms with Crippen molar-refractivity contribution in [3.63, 3.8) is 0 Å². The fourth-order valence-corrected chi connectivity index (χ4v) is 2.87. The van der Waals surface area contributed by atoms with Gasteiger partial charge in [-0.05, 0) is 44.7 Å². The van der Waals surface area contributed by atoms with Crippen molar-refractivity contribution >= 4 is 11.3 Å². The minimum absolute atomic E-state index is 0.491. The summed E-state index contributed by atoms with van der Waals surface area (Å²) >= 11 is 1.72. The van der Waals surface area contributed by atoms with E-state index in [1.807, 2.05) is 6.92 Å². The van der Waals surface area contributed by atoms with E-state index in [0.29, 0.717) is 5.92 Å². The molecule has 0 aromatic carbocycles. The lowest BCUT2D eigenvalue weighted by Crippen LogP contribution is -2.35. The van der Waals surface area contributed by atoms with Crippen LogP contribution in [0, 0.1) is 12.8 Å². The Morgan fingerprint density at radius 1 is 1.46 bits per heavy atom. The Bertz CT molecular complexity index is 297. The molecule has 1 aliphatic carbocycles. The zero-order valence-corrected chi connectivity index (χ0v) is 9.03. The Kier molecular flexibility index (Phi) is 2.20. The molecule has 1 aromatic rings. The van der Waals surface area contributed by atoms with Gasteiger partial charge in [0.15, 0.2) is 0 Å². The van der Waals surface area contributed by atoms with Crippen LogP contribution in [-0.4, -0.2) is 5.11 Å². The lowest BCUT2D eigenvalue weighted by molar-refractivity contribution is -0.0368. The zero-order chi connectivity index (χ0) is 9.47. The Balaban J connectivity index is 2.22. The van der Waals surface area contributed by atoms with Gasteiger partial charge in [0.25, 0.3) is 0 Å². The largest absolute Gasteiger partial charge is 0.384 e. The van der Waals surface area contributed by atoms with E-state index in [4.69, 9.17) is 0 Å². The monoisotopic (exact) mass is 196 g/mol. The van der Waals surface area contributed by atoms with Crippen LogP contribution in [0.1, 0.15) is 35.9 Å². The first-order valence-electron chi connectivity index (χ1n) is 4.90. The maximum atomic E-state index is 10.3. The predicted molar refractivity (Wildman–Crippen MR) is 56.0 cm³/mol. The smallest absolute Gasteiger partial charge is 0.0987 e. The van der Waals surface area contributed by atoms with E-state index in [-0.39, 0.29) is 0 Å². The van der Waals surface area contributed by atoms with Crippen LogP contribution >= 0.6 is 11.3 Å². The molecule has 0 saturated heterocycles. The van der Waals surface area contributed by atoms with Crippen molar-refractivity contribution in [3.05, 3.63) is 21.9 Å². The standard InChI is InChI=1S/C11H16OS/c1-8-6-7-10(13-8)11(2,12)9-4-3-5-9/h6-7,9,12H,3-5H2,1-2H3. The summed E-state index contributed by atoms with van der Waals surface area (Å²) in [5.41, 5.74) is -0.572. The average molecular weight is 196 g/mol. The van der Waals surface area contributed by atoms with Crippen molar-refractivity contribution in [2.45, 2.75) is 38.7 Å². The summed E-state index contributed by atoms with van der Waals surface area (Å²) in [5, 5.41) is 10.3. The van der Waals surface area contributed by atoms with Crippen LogP contribution in [0.3, 0.4) is 0 Å². The second kappa shape index (κ2) is 3.10. The molecule has 1 atom stereocenters. The molecule has 1 unspecified atom stereocenters. The van der Waals surface area contributed by atoms with Gasteiger partial charge in [-0.2, -0.15) is 0 Å². The highest BCUT2D eigenvalue weighted by molar-refractivity contribution is 7.12. The molecule has 1 aliphatic rings. The van der Waals surface area contributed by atoms with Crippen LogP contribution < -0.4 is 0 Å². The van der Waals surface area contributed by atoms with E-state index in [9.17, 15) is 5.11 Å². The summed E-state index contributed by atoms with van der Waals surface area (Å²) in [6.45, 7) is 4.05. The summed E-state index contributed by atoms with van der Waals surface area (Å²) in [4.78, 5) is 2.42. The Labute approximate surface area is 83.4 Å². The summed E-state index contributed by atoms with van der Waals surface area (Å²) in [6.07, 6.45) is 3.65. The van der Waals surface area contributed by atoms with E-state index >= 15 is 0 Å². The Morgan fingerprint density at radius 3 is 2.54 bits per heavy atom. The lowest BCUT2D eigenvalue weighted by Gasteiger charge is -2.38. The fourth-order valence-electron chi connectivity index (χ4n) is 1.88. The topological polar surface area (TPSA) is 20.2 Å². The van der Waals surface area contributed by atoms with Gasteiger partial charge in [0.2, 0.25) is 0 Å². The third kappa shape index (κ3) is 1.53. The lowest BCUT2D eigenvalue weighted by atomic mass is 9.73. The second-order valence-electron chi connectivity index (χ2n) is 4.19. The highest BCUT2D eigenvalue weighted by Gasteiger charge is 2.38. The van der Waals surface area contributed by atoms with Gasteiger partial charge in [-0.15, -0.1) is 11.3 Å². The molecule has 1 nitrogen and oxygen atoms in total. The molecule has 1 fully saturated rings. The first kappa shape index (κ1) is 9.22. The van der Waals surface area contributed by atoms with Gasteiger partial charge in [0.05, 0.1) is 5.60 Å². The van der Waals surface area contributed by atoms with Gasteiger partial charge >= 0.3 is 0 Å². The number of hydrogen-bond acceptors (Lipinski definition) is 2. The van der Waals surface area contributed by atoms with Gasteiger partial charge in [-0.3, -0.25) is 0 Å². The van der Waals surface area contributed by atoms with Crippen molar-refractivity contribution in [1.82, 2.24) is 0 Å². The van der Waals surface area contributed by atoms with Crippen molar-refractivity contribution in [3.8, 4) is 0 Å². The molecule has 0 amide bonds. The molecule has 0 radical (unpaired) electrons. The number of aryl methyl sites for hydroxylation is 1. The van der Waals surface area contributed by atoms with Crippen molar-refractivity contribution in [2.24, 2.45) is 5.92 Å². The van der Waals surface area contributed by atoms with E-state index in [1.165, 1.54) is 24.1 Å². The first-order valence-corrected chi connectivity index (χ1v) is 5.71. The molecule has 1 N–H and O–H groups in total. The third-order valence-electron chi connectivity index (χ3n) is 3.14. The maximum absolute atomic E-state index is 10.3. The van der Waals surface area contributed by atoms with Gasteiger partial charge in [-0.25, -0.2) is 0 Å². The SMILES string of the molecule is Cc1ccc(C(C)(O)C2CCC2)s1. The molecule has 72 valence electrons. The number of hydrogen-bond donors (Lipinski definition) is 1. The summed E-state index contributed by atoms with van der Waals surface area (Å²) in [6, 6.07) is 4.16. The molecule has 0 aliphatic heterocycles. The fraction of sp³-hybridized carbons (Fsp3) is 0.636. The minimum atomic E-state index is -0.572.